The Labute approximate surface area is 220 Å². The standard InChI is InChI=1S/C29H56O7/c1-3-5-7-9-11-13-14-16-18-20-22-26(21-19-17-15-12-10-8-6-4-2)24-34-28(32)36-29(33)35-25-27(31)23-30/h26-27,30-31H,3-25H2,1-2H3. The molecule has 0 saturated heterocycles. The normalized spacial score (nSPS) is 12.8. The number of aliphatic hydroxyl groups excluding tert-OH is 2. The lowest BCUT2D eigenvalue weighted by Gasteiger charge is -2.17. The van der Waals surface area contributed by atoms with Crippen molar-refractivity contribution in [3.05, 3.63) is 0 Å². The Morgan fingerprint density at radius 1 is 0.583 bits per heavy atom. The van der Waals surface area contributed by atoms with E-state index in [2.05, 4.69) is 23.3 Å². The number of unbranched alkanes of at least 4 members (excludes halogenated alkanes) is 16. The Balaban J connectivity index is 4.18. The topological polar surface area (TPSA) is 102 Å². The number of hydrogen-bond donors (Lipinski definition) is 2. The molecule has 0 fully saturated rings. The summed E-state index contributed by atoms with van der Waals surface area (Å²) >= 11 is 0. The first-order valence-corrected chi connectivity index (χ1v) is 14.8. The van der Waals surface area contributed by atoms with Gasteiger partial charge in [-0.2, -0.15) is 0 Å². The summed E-state index contributed by atoms with van der Waals surface area (Å²) in [5.41, 5.74) is 0. The van der Waals surface area contributed by atoms with Crippen LogP contribution < -0.4 is 0 Å². The van der Waals surface area contributed by atoms with Gasteiger partial charge in [0.2, 0.25) is 0 Å². The summed E-state index contributed by atoms with van der Waals surface area (Å²) in [5.74, 6) is 0.263. The van der Waals surface area contributed by atoms with Crippen LogP contribution in [0.15, 0.2) is 0 Å². The van der Waals surface area contributed by atoms with Crippen molar-refractivity contribution in [1.82, 2.24) is 0 Å². The van der Waals surface area contributed by atoms with Crippen molar-refractivity contribution < 1.29 is 34.0 Å². The molecule has 2 unspecified atom stereocenters. The van der Waals surface area contributed by atoms with Gasteiger partial charge in [-0.3, -0.25) is 0 Å². The molecule has 0 spiro atoms. The van der Waals surface area contributed by atoms with Crippen molar-refractivity contribution in [2.45, 2.75) is 148 Å². The van der Waals surface area contributed by atoms with Gasteiger partial charge < -0.3 is 24.4 Å². The van der Waals surface area contributed by atoms with Crippen LogP contribution in [0.1, 0.15) is 142 Å². The summed E-state index contributed by atoms with van der Waals surface area (Å²) in [6, 6.07) is 0. The van der Waals surface area contributed by atoms with Crippen molar-refractivity contribution >= 4 is 12.3 Å². The molecule has 0 rings (SSSR count). The summed E-state index contributed by atoms with van der Waals surface area (Å²) in [6.07, 6.45) is 21.5. The van der Waals surface area contributed by atoms with Gasteiger partial charge in [-0.25, -0.2) is 9.59 Å². The molecule has 0 heterocycles. The Kier molecular flexibility index (Phi) is 25.7. The number of aliphatic hydroxyl groups is 2. The SMILES string of the molecule is CCCCCCCCCCCCC(CCCCCCCCCC)COC(=O)OC(=O)OCC(O)CO. The maximum absolute atomic E-state index is 11.9. The van der Waals surface area contributed by atoms with Crippen LogP contribution in [0.25, 0.3) is 0 Å². The molecule has 0 saturated carbocycles. The van der Waals surface area contributed by atoms with Gasteiger partial charge in [-0.1, -0.05) is 129 Å². The molecule has 0 bridgehead atoms. The van der Waals surface area contributed by atoms with Crippen LogP contribution in [0.2, 0.25) is 0 Å². The zero-order chi connectivity index (χ0) is 26.7. The van der Waals surface area contributed by atoms with Crippen LogP contribution in [-0.4, -0.2) is 48.4 Å². The highest BCUT2D eigenvalue weighted by Gasteiger charge is 2.17. The Morgan fingerprint density at radius 2 is 0.944 bits per heavy atom. The highest BCUT2D eigenvalue weighted by molar-refractivity contribution is 5.76. The van der Waals surface area contributed by atoms with E-state index in [4.69, 9.17) is 9.84 Å². The third-order valence-corrected chi connectivity index (χ3v) is 6.64. The number of carbonyl (C=O) groups is 2. The van der Waals surface area contributed by atoms with E-state index in [1.54, 1.807) is 0 Å². The molecule has 0 aromatic rings. The second-order valence-corrected chi connectivity index (χ2v) is 10.2. The third-order valence-electron chi connectivity index (χ3n) is 6.64. The lowest BCUT2D eigenvalue weighted by atomic mass is 9.94. The molecule has 0 amide bonds. The second kappa shape index (κ2) is 26.7. The molecule has 0 aliphatic rings. The van der Waals surface area contributed by atoms with Crippen LogP contribution in [0.5, 0.6) is 0 Å². The summed E-state index contributed by atoms with van der Waals surface area (Å²) in [7, 11) is 0. The van der Waals surface area contributed by atoms with E-state index in [9.17, 15) is 14.7 Å². The molecule has 7 nitrogen and oxygen atoms in total. The minimum Gasteiger partial charge on any atom is -0.434 e. The highest BCUT2D eigenvalue weighted by Crippen LogP contribution is 2.20. The maximum atomic E-state index is 11.9. The second-order valence-electron chi connectivity index (χ2n) is 10.2. The van der Waals surface area contributed by atoms with E-state index in [0.717, 1.165) is 25.7 Å². The minimum absolute atomic E-state index is 0.235. The van der Waals surface area contributed by atoms with Crippen LogP contribution in [-0.2, 0) is 14.2 Å². The molecule has 0 aliphatic heterocycles. The molecule has 36 heavy (non-hydrogen) atoms. The van der Waals surface area contributed by atoms with Gasteiger partial charge >= 0.3 is 12.3 Å². The van der Waals surface area contributed by atoms with Crippen LogP contribution in [0.3, 0.4) is 0 Å². The fourth-order valence-corrected chi connectivity index (χ4v) is 4.33. The third kappa shape index (κ3) is 24.4. The van der Waals surface area contributed by atoms with E-state index in [-0.39, 0.29) is 12.5 Å². The Hall–Kier alpha value is -1.34. The fraction of sp³-hybridized carbons (Fsp3) is 0.931. The summed E-state index contributed by atoms with van der Waals surface area (Å²) in [6.45, 7) is 3.73. The van der Waals surface area contributed by atoms with Crippen molar-refractivity contribution in [3.63, 3.8) is 0 Å². The maximum Gasteiger partial charge on any atom is 0.518 e. The zero-order valence-electron chi connectivity index (χ0n) is 23.4. The van der Waals surface area contributed by atoms with E-state index in [1.807, 2.05) is 0 Å². The highest BCUT2D eigenvalue weighted by atomic mass is 16.8. The fourth-order valence-electron chi connectivity index (χ4n) is 4.33. The summed E-state index contributed by atoms with van der Waals surface area (Å²) < 4.78 is 14.2. The first kappa shape index (κ1) is 34.7. The number of rotatable bonds is 25. The van der Waals surface area contributed by atoms with E-state index >= 15 is 0 Å². The molecule has 2 atom stereocenters. The quantitative estimate of drug-likeness (QED) is 0.0718. The van der Waals surface area contributed by atoms with Gasteiger partial charge in [-0.15, -0.1) is 0 Å². The Bertz CT molecular complexity index is 498. The van der Waals surface area contributed by atoms with Gasteiger partial charge in [0, 0.05) is 0 Å². The van der Waals surface area contributed by atoms with E-state index in [1.165, 1.54) is 103 Å². The summed E-state index contributed by atoms with van der Waals surface area (Å²) in [4.78, 5) is 23.3. The smallest absolute Gasteiger partial charge is 0.434 e. The number of carbonyl (C=O) groups excluding carboxylic acids is 2. The van der Waals surface area contributed by atoms with Crippen LogP contribution >= 0.6 is 0 Å². The first-order valence-electron chi connectivity index (χ1n) is 14.8. The molecular formula is C29H56O7. The predicted octanol–water partition coefficient (Wildman–Crippen LogP) is 8.09. The van der Waals surface area contributed by atoms with E-state index < -0.39 is 31.6 Å². The molecule has 214 valence electrons. The Morgan fingerprint density at radius 3 is 1.33 bits per heavy atom. The van der Waals surface area contributed by atoms with Crippen LogP contribution in [0, 0.1) is 5.92 Å². The van der Waals surface area contributed by atoms with Crippen LogP contribution in [0.4, 0.5) is 9.59 Å². The molecular weight excluding hydrogens is 460 g/mol. The number of hydrogen-bond acceptors (Lipinski definition) is 7. The first-order chi connectivity index (χ1) is 17.5. The van der Waals surface area contributed by atoms with Crippen molar-refractivity contribution in [3.8, 4) is 0 Å². The van der Waals surface area contributed by atoms with Gasteiger partial charge in [0.25, 0.3) is 0 Å². The minimum atomic E-state index is -1.23. The molecule has 0 aliphatic carbocycles. The average Bonchev–Trinajstić information content (AvgIpc) is 2.87. The molecule has 0 radical (unpaired) electrons. The number of ether oxygens (including phenoxy) is 3. The van der Waals surface area contributed by atoms with Gasteiger partial charge in [0.05, 0.1) is 13.2 Å². The zero-order valence-corrected chi connectivity index (χ0v) is 23.4. The monoisotopic (exact) mass is 516 g/mol. The molecule has 0 aromatic carbocycles. The van der Waals surface area contributed by atoms with Crippen molar-refractivity contribution in [2.24, 2.45) is 5.92 Å². The molecule has 0 aromatic heterocycles. The van der Waals surface area contributed by atoms with Crippen molar-refractivity contribution in [2.75, 3.05) is 19.8 Å². The van der Waals surface area contributed by atoms with Gasteiger partial charge in [0.1, 0.15) is 12.7 Å². The van der Waals surface area contributed by atoms with Crippen molar-refractivity contribution in [1.29, 1.82) is 0 Å². The lowest BCUT2D eigenvalue weighted by Crippen LogP contribution is -2.24. The predicted molar refractivity (Wildman–Crippen MR) is 144 cm³/mol. The molecule has 7 heteroatoms. The lowest BCUT2D eigenvalue weighted by molar-refractivity contribution is -0.00335. The largest absolute Gasteiger partial charge is 0.518 e. The average molecular weight is 517 g/mol. The van der Waals surface area contributed by atoms with Gasteiger partial charge in [0.15, 0.2) is 0 Å². The van der Waals surface area contributed by atoms with E-state index in [0.29, 0.717) is 0 Å². The molecule has 2 N–H and O–H groups in total. The van der Waals surface area contributed by atoms with Gasteiger partial charge in [-0.05, 0) is 18.8 Å². The summed E-state index contributed by atoms with van der Waals surface area (Å²) in [5, 5.41) is 17.9.